The normalized spacial score (nSPS) is 18.5. The molecule has 4 heteroatoms. The number of carbonyl (C=O) groups excluding carboxylic acids is 2. The van der Waals surface area contributed by atoms with Crippen LogP contribution >= 0.6 is 0 Å². The SMILES string of the molecule is CC1(C)CC(=O)N(Cc2cccc(CO)c2)C1=O. The van der Waals surface area contributed by atoms with Gasteiger partial charge in [0.1, 0.15) is 0 Å². The van der Waals surface area contributed by atoms with Crippen LogP contribution in [0.2, 0.25) is 0 Å². The smallest absolute Gasteiger partial charge is 0.235 e. The first-order valence-electron chi connectivity index (χ1n) is 5.97. The van der Waals surface area contributed by atoms with Crippen molar-refractivity contribution in [1.29, 1.82) is 0 Å². The second kappa shape index (κ2) is 4.53. The fourth-order valence-corrected chi connectivity index (χ4v) is 2.20. The summed E-state index contributed by atoms with van der Waals surface area (Å²) in [6.07, 6.45) is 0.269. The van der Waals surface area contributed by atoms with Gasteiger partial charge in [-0.2, -0.15) is 0 Å². The Balaban J connectivity index is 2.19. The molecule has 1 fully saturated rings. The van der Waals surface area contributed by atoms with Crippen LogP contribution in [0.1, 0.15) is 31.4 Å². The fourth-order valence-electron chi connectivity index (χ4n) is 2.20. The predicted octanol–water partition coefficient (Wildman–Crippen LogP) is 1.46. The number of nitrogens with zero attached hydrogens (tertiary/aromatic N) is 1. The topological polar surface area (TPSA) is 57.6 Å². The minimum Gasteiger partial charge on any atom is -0.392 e. The molecule has 2 rings (SSSR count). The molecule has 0 atom stereocenters. The first-order chi connectivity index (χ1) is 8.44. The van der Waals surface area contributed by atoms with Crippen molar-refractivity contribution >= 4 is 11.8 Å². The van der Waals surface area contributed by atoms with Crippen LogP contribution in [0.5, 0.6) is 0 Å². The van der Waals surface area contributed by atoms with Gasteiger partial charge in [-0.05, 0) is 11.1 Å². The lowest BCUT2D eigenvalue weighted by Gasteiger charge is -2.18. The van der Waals surface area contributed by atoms with Gasteiger partial charge in [-0.1, -0.05) is 38.1 Å². The highest BCUT2D eigenvalue weighted by atomic mass is 16.3. The summed E-state index contributed by atoms with van der Waals surface area (Å²) in [5.41, 5.74) is 1.05. The van der Waals surface area contributed by atoms with Crippen molar-refractivity contribution in [1.82, 2.24) is 4.90 Å². The van der Waals surface area contributed by atoms with Crippen molar-refractivity contribution < 1.29 is 14.7 Å². The van der Waals surface area contributed by atoms with Crippen LogP contribution < -0.4 is 0 Å². The third-order valence-electron chi connectivity index (χ3n) is 3.23. The lowest BCUT2D eigenvalue weighted by Crippen LogP contribution is -2.32. The summed E-state index contributed by atoms with van der Waals surface area (Å²) in [7, 11) is 0. The Hall–Kier alpha value is -1.68. The van der Waals surface area contributed by atoms with E-state index in [1.807, 2.05) is 18.2 Å². The van der Waals surface area contributed by atoms with E-state index in [9.17, 15) is 9.59 Å². The van der Waals surface area contributed by atoms with E-state index in [1.54, 1.807) is 19.9 Å². The molecule has 96 valence electrons. The molecule has 0 aromatic heterocycles. The van der Waals surface area contributed by atoms with Crippen LogP contribution in [0.4, 0.5) is 0 Å². The van der Waals surface area contributed by atoms with Gasteiger partial charge in [0.15, 0.2) is 0 Å². The maximum Gasteiger partial charge on any atom is 0.235 e. The number of likely N-dealkylation sites (tertiary alicyclic amines) is 1. The van der Waals surface area contributed by atoms with Gasteiger partial charge in [-0.3, -0.25) is 14.5 Å². The Morgan fingerprint density at radius 3 is 2.50 bits per heavy atom. The largest absolute Gasteiger partial charge is 0.392 e. The van der Waals surface area contributed by atoms with Crippen molar-refractivity contribution in [2.24, 2.45) is 5.41 Å². The van der Waals surface area contributed by atoms with E-state index >= 15 is 0 Å². The molecule has 1 aromatic carbocycles. The Labute approximate surface area is 106 Å². The van der Waals surface area contributed by atoms with E-state index in [4.69, 9.17) is 5.11 Å². The number of aliphatic hydroxyl groups excluding tert-OH is 1. The summed E-state index contributed by atoms with van der Waals surface area (Å²) in [5, 5.41) is 9.06. The molecule has 0 aliphatic carbocycles. The minimum absolute atomic E-state index is 0.0405. The molecule has 1 saturated heterocycles. The summed E-state index contributed by atoms with van der Waals surface area (Å²) in [4.78, 5) is 25.2. The Kier molecular flexibility index (Phi) is 3.22. The quantitative estimate of drug-likeness (QED) is 0.823. The maximum absolute atomic E-state index is 12.1. The summed E-state index contributed by atoms with van der Waals surface area (Å²) >= 11 is 0. The zero-order valence-corrected chi connectivity index (χ0v) is 10.6. The number of hydrogen-bond donors (Lipinski definition) is 1. The number of amides is 2. The van der Waals surface area contributed by atoms with Crippen molar-refractivity contribution in [3.05, 3.63) is 35.4 Å². The molecule has 18 heavy (non-hydrogen) atoms. The second-order valence-electron chi connectivity index (χ2n) is 5.32. The van der Waals surface area contributed by atoms with Gasteiger partial charge in [0.2, 0.25) is 11.8 Å². The Morgan fingerprint density at radius 2 is 1.94 bits per heavy atom. The van der Waals surface area contributed by atoms with E-state index in [0.29, 0.717) is 0 Å². The van der Waals surface area contributed by atoms with Gasteiger partial charge >= 0.3 is 0 Å². The van der Waals surface area contributed by atoms with Crippen LogP contribution in [-0.2, 0) is 22.7 Å². The third kappa shape index (κ3) is 2.29. The van der Waals surface area contributed by atoms with Crippen molar-refractivity contribution in [2.45, 2.75) is 33.4 Å². The zero-order valence-electron chi connectivity index (χ0n) is 10.6. The molecule has 0 bridgehead atoms. The Bertz CT molecular complexity index is 494. The molecule has 1 aliphatic heterocycles. The van der Waals surface area contributed by atoms with E-state index in [-0.39, 0.29) is 31.4 Å². The first kappa shape index (κ1) is 12.8. The average molecular weight is 247 g/mol. The molecule has 2 amide bonds. The minimum atomic E-state index is -0.592. The molecule has 1 aromatic rings. The number of benzene rings is 1. The molecule has 0 unspecified atom stereocenters. The van der Waals surface area contributed by atoms with Crippen molar-refractivity contribution in [3.63, 3.8) is 0 Å². The Morgan fingerprint density at radius 1 is 1.28 bits per heavy atom. The summed E-state index contributed by atoms with van der Waals surface area (Å²) in [5.74, 6) is -0.249. The van der Waals surface area contributed by atoms with Gasteiger partial charge in [0, 0.05) is 6.42 Å². The number of carbonyl (C=O) groups is 2. The molecule has 4 nitrogen and oxygen atoms in total. The van der Waals surface area contributed by atoms with Crippen molar-refractivity contribution in [3.8, 4) is 0 Å². The van der Waals surface area contributed by atoms with Crippen LogP contribution in [0.15, 0.2) is 24.3 Å². The van der Waals surface area contributed by atoms with Gasteiger partial charge in [-0.15, -0.1) is 0 Å². The summed E-state index contributed by atoms with van der Waals surface area (Å²) in [6, 6.07) is 7.29. The number of aliphatic hydroxyl groups is 1. The first-order valence-corrected chi connectivity index (χ1v) is 5.97. The highest BCUT2D eigenvalue weighted by Gasteiger charge is 2.44. The fraction of sp³-hybridized carbons (Fsp3) is 0.429. The maximum atomic E-state index is 12.1. The zero-order chi connectivity index (χ0) is 13.3. The lowest BCUT2D eigenvalue weighted by atomic mass is 9.92. The van der Waals surface area contributed by atoms with E-state index in [2.05, 4.69) is 0 Å². The molecule has 0 saturated carbocycles. The molecular formula is C14H17NO3. The monoisotopic (exact) mass is 247 g/mol. The van der Waals surface area contributed by atoms with E-state index in [0.717, 1.165) is 11.1 Å². The summed E-state index contributed by atoms with van der Waals surface area (Å²) < 4.78 is 0. The number of rotatable bonds is 3. The molecule has 0 spiro atoms. The van der Waals surface area contributed by atoms with Gasteiger partial charge in [-0.25, -0.2) is 0 Å². The summed E-state index contributed by atoms with van der Waals surface area (Å²) in [6.45, 7) is 3.82. The van der Waals surface area contributed by atoms with Gasteiger partial charge in [0.05, 0.1) is 18.6 Å². The van der Waals surface area contributed by atoms with E-state index in [1.165, 1.54) is 4.90 Å². The molecule has 1 N–H and O–H groups in total. The standard InChI is InChI=1S/C14H17NO3/c1-14(2)7-12(17)15(13(14)18)8-10-4-3-5-11(6-10)9-16/h3-6,16H,7-9H2,1-2H3. The molecule has 1 aliphatic rings. The predicted molar refractivity (Wildman–Crippen MR) is 66.3 cm³/mol. The average Bonchev–Trinajstić information content (AvgIpc) is 2.52. The van der Waals surface area contributed by atoms with Gasteiger partial charge in [0.25, 0.3) is 0 Å². The highest BCUT2D eigenvalue weighted by molar-refractivity contribution is 6.05. The highest BCUT2D eigenvalue weighted by Crippen LogP contribution is 2.32. The van der Waals surface area contributed by atoms with Crippen LogP contribution in [0.3, 0.4) is 0 Å². The van der Waals surface area contributed by atoms with Crippen molar-refractivity contribution in [2.75, 3.05) is 0 Å². The molecular weight excluding hydrogens is 230 g/mol. The second-order valence-corrected chi connectivity index (χ2v) is 5.32. The van der Waals surface area contributed by atoms with Gasteiger partial charge < -0.3 is 5.11 Å². The van der Waals surface area contributed by atoms with Crippen LogP contribution in [0.25, 0.3) is 0 Å². The van der Waals surface area contributed by atoms with Crippen LogP contribution in [0, 0.1) is 5.41 Å². The number of hydrogen-bond acceptors (Lipinski definition) is 3. The lowest BCUT2D eigenvalue weighted by molar-refractivity contribution is -0.141. The number of imide groups is 1. The molecule has 0 radical (unpaired) electrons. The molecule has 1 heterocycles. The van der Waals surface area contributed by atoms with Crippen LogP contribution in [-0.4, -0.2) is 21.8 Å². The van der Waals surface area contributed by atoms with E-state index < -0.39 is 5.41 Å². The third-order valence-corrected chi connectivity index (χ3v) is 3.23.